The number of hydrogen-bond acceptors (Lipinski definition) is 3. The van der Waals surface area contributed by atoms with Crippen molar-refractivity contribution in [2.45, 2.75) is 6.04 Å². The van der Waals surface area contributed by atoms with Gasteiger partial charge in [0.15, 0.2) is 0 Å². The Morgan fingerprint density at radius 3 is 2.71 bits per heavy atom. The first kappa shape index (κ1) is 10.6. The van der Waals surface area contributed by atoms with Crippen LogP contribution in [0.3, 0.4) is 0 Å². The Kier molecular flexibility index (Phi) is 3.16. The molecule has 4 N–H and O–H groups in total. The molecule has 0 aliphatic rings. The van der Waals surface area contributed by atoms with E-state index in [1.165, 1.54) is 12.1 Å². The number of aromatic carboxylic acids is 1. The Morgan fingerprint density at radius 2 is 2.21 bits per heavy atom. The summed E-state index contributed by atoms with van der Waals surface area (Å²) in [5.74, 6) is -1.98. The Balaban J connectivity index is 3.29. The van der Waals surface area contributed by atoms with E-state index in [1.54, 1.807) is 0 Å². The molecule has 0 saturated carbocycles. The topological polar surface area (TPSA) is 83.5 Å². The fourth-order valence-electron chi connectivity index (χ4n) is 1.19. The van der Waals surface area contributed by atoms with Crippen molar-refractivity contribution in [1.82, 2.24) is 0 Å². The van der Waals surface area contributed by atoms with Crippen LogP contribution in [0.1, 0.15) is 22.0 Å². The van der Waals surface area contributed by atoms with Gasteiger partial charge in [0.2, 0.25) is 0 Å². The molecule has 0 aliphatic heterocycles. The number of rotatable bonds is 3. The fraction of sp³-hybridized carbons (Fsp3) is 0.222. The molecule has 0 fully saturated rings. The first-order chi connectivity index (χ1) is 6.57. The van der Waals surface area contributed by atoms with E-state index in [9.17, 15) is 9.18 Å². The zero-order valence-corrected chi connectivity index (χ0v) is 7.27. The second kappa shape index (κ2) is 4.17. The van der Waals surface area contributed by atoms with Crippen molar-refractivity contribution < 1.29 is 19.4 Å². The van der Waals surface area contributed by atoms with Crippen LogP contribution < -0.4 is 5.73 Å². The molecule has 0 spiro atoms. The molecular formula is C9H10FNO3. The molecule has 0 amide bonds. The van der Waals surface area contributed by atoms with Crippen LogP contribution >= 0.6 is 0 Å². The van der Waals surface area contributed by atoms with Crippen LogP contribution in [0.4, 0.5) is 4.39 Å². The standard InChI is InChI=1S/C9H10FNO3/c10-6-3-1-2-5(9(13)14)8(6)7(11)4-12/h1-3,7,12H,4,11H2,(H,13,14)/t7-/m1/s1. The van der Waals surface area contributed by atoms with Gasteiger partial charge in [0.1, 0.15) is 5.82 Å². The van der Waals surface area contributed by atoms with Gasteiger partial charge in [-0.3, -0.25) is 0 Å². The molecule has 0 saturated heterocycles. The minimum Gasteiger partial charge on any atom is -0.478 e. The van der Waals surface area contributed by atoms with Gasteiger partial charge in [-0.05, 0) is 12.1 Å². The van der Waals surface area contributed by atoms with Crippen LogP contribution in [-0.4, -0.2) is 22.8 Å². The Labute approximate surface area is 79.8 Å². The number of halogens is 1. The number of hydrogen-bond donors (Lipinski definition) is 3. The molecule has 76 valence electrons. The highest BCUT2D eigenvalue weighted by molar-refractivity contribution is 5.89. The van der Waals surface area contributed by atoms with Crippen molar-refractivity contribution in [3.63, 3.8) is 0 Å². The van der Waals surface area contributed by atoms with Gasteiger partial charge in [0.25, 0.3) is 0 Å². The van der Waals surface area contributed by atoms with Crippen LogP contribution in [0.25, 0.3) is 0 Å². The van der Waals surface area contributed by atoms with E-state index >= 15 is 0 Å². The first-order valence-electron chi connectivity index (χ1n) is 3.96. The zero-order valence-electron chi connectivity index (χ0n) is 7.27. The lowest BCUT2D eigenvalue weighted by molar-refractivity contribution is 0.0694. The highest BCUT2D eigenvalue weighted by Crippen LogP contribution is 2.19. The average Bonchev–Trinajstić information content (AvgIpc) is 2.16. The molecule has 0 bridgehead atoms. The summed E-state index contributed by atoms with van der Waals surface area (Å²) in [4.78, 5) is 10.7. The van der Waals surface area contributed by atoms with Gasteiger partial charge in [-0.15, -0.1) is 0 Å². The van der Waals surface area contributed by atoms with E-state index < -0.39 is 24.4 Å². The number of aliphatic hydroxyl groups is 1. The van der Waals surface area contributed by atoms with Gasteiger partial charge in [0.05, 0.1) is 18.2 Å². The predicted molar refractivity (Wildman–Crippen MR) is 47.4 cm³/mol. The Hall–Kier alpha value is -1.46. The summed E-state index contributed by atoms with van der Waals surface area (Å²) in [5, 5.41) is 17.5. The summed E-state index contributed by atoms with van der Waals surface area (Å²) >= 11 is 0. The predicted octanol–water partition coefficient (Wildman–Crippen LogP) is 0.516. The van der Waals surface area contributed by atoms with E-state index in [4.69, 9.17) is 15.9 Å². The van der Waals surface area contributed by atoms with Gasteiger partial charge in [-0.2, -0.15) is 0 Å². The smallest absolute Gasteiger partial charge is 0.336 e. The van der Waals surface area contributed by atoms with Crippen LogP contribution in [0, 0.1) is 5.82 Å². The molecule has 0 heterocycles. The molecule has 1 atom stereocenters. The van der Waals surface area contributed by atoms with Crippen molar-refractivity contribution in [3.8, 4) is 0 Å². The first-order valence-corrected chi connectivity index (χ1v) is 3.96. The van der Waals surface area contributed by atoms with E-state index in [1.807, 2.05) is 0 Å². The molecule has 0 unspecified atom stereocenters. The summed E-state index contributed by atoms with van der Waals surface area (Å²) in [6, 6.07) is 2.63. The third-order valence-electron chi connectivity index (χ3n) is 1.85. The van der Waals surface area contributed by atoms with Crippen molar-refractivity contribution in [2.75, 3.05) is 6.61 Å². The molecule has 1 rings (SSSR count). The van der Waals surface area contributed by atoms with Crippen molar-refractivity contribution in [3.05, 3.63) is 35.1 Å². The number of carbonyl (C=O) groups is 1. The van der Waals surface area contributed by atoms with Crippen LogP contribution in [0.15, 0.2) is 18.2 Å². The molecule has 0 radical (unpaired) electrons. The van der Waals surface area contributed by atoms with Crippen LogP contribution in [0.2, 0.25) is 0 Å². The summed E-state index contributed by atoms with van der Waals surface area (Å²) in [6.45, 7) is -0.499. The van der Waals surface area contributed by atoms with E-state index in [0.717, 1.165) is 6.07 Å². The van der Waals surface area contributed by atoms with Gasteiger partial charge >= 0.3 is 5.97 Å². The number of carboxylic acids is 1. The minimum absolute atomic E-state index is 0.164. The molecule has 14 heavy (non-hydrogen) atoms. The van der Waals surface area contributed by atoms with E-state index in [2.05, 4.69) is 0 Å². The lowest BCUT2D eigenvalue weighted by atomic mass is 10.0. The second-order valence-corrected chi connectivity index (χ2v) is 2.80. The molecule has 0 aliphatic carbocycles. The summed E-state index contributed by atoms with van der Waals surface area (Å²) in [5.41, 5.74) is 5.00. The number of carboxylic acid groups (broad SMARTS) is 1. The molecule has 4 nitrogen and oxygen atoms in total. The van der Waals surface area contributed by atoms with E-state index in [-0.39, 0.29) is 11.1 Å². The third-order valence-corrected chi connectivity index (χ3v) is 1.85. The van der Waals surface area contributed by atoms with Crippen molar-refractivity contribution >= 4 is 5.97 Å². The Bertz CT molecular complexity index is 354. The van der Waals surface area contributed by atoms with E-state index in [0.29, 0.717) is 0 Å². The maximum absolute atomic E-state index is 13.2. The second-order valence-electron chi connectivity index (χ2n) is 2.80. The normalized spacial score (nSPS) is 12.5. The average molecular weight is 199 g/mol. The number of aliphatic hydroxyl groups excluding tert-OH is 1. The largest absolute Gasteiger partial charge is 0.478 e. The highest BCUT2D eigenvalue weighted by atomic mass is 19.1. The molecule has 0 aromatic heterocycles. The molecule has 1 aromatic carbocycles. The quantitative estimate of drug-likeness (QED) is 0.662. The summed E-state index contributed by atoms with van der Waals surface area (Å²) < 4.78 is 13.2. The highest BCUT2D eigenvalue weighted by Gasteiger charge is 2.19. The molecule has 5 heteroatoms. The zero-order chi connectivity index (χ0) is 10.7. The number of nitrogens with two attached hydrogens (primary N) is 1. The van der Waals surface area contributed by atoms with Crippen LogP contribution in [0.5, 0.6) is 0 Å². The lowest BCUT2D eigenvalue weighted by Gasteiger charge is -2.12. The molecule has 1 aromatic rings. The van der Waals surface area contributed by atoms with Gasteiger partial charge in [-0.1, -0.05) is 6.07 Å². The maximum Gasteiger partial charge on any atom is 0.336 e. The third kappa shape index (κ3) is 1.89. The minimum atomic E-state index is -1.26. The lowest BCUT2D eigenvalue weighted by Crippen LogP contribution is -2.20. The van der Waals surface area contributed by atoms with Gasteiger partial charge < -0.3 is 15.9 Å². The SMILES string of the molecule is N[C@H](CO)c1c(F)cccc1C(=O)O. The van der Waals surface area contributed by atoms with Gasteiger partial charge in [0, 0.05) is 5.56 Å². The maximum atomic E-state index is 13.2. The Morgan fingerprint density at radius 1 is 1.57 bits per heavy atom. The monoisotopic (exact) mass is 199 g/mol. The summed E-state index contributed by atoms with van der Waals surface area (Å²) in [7, 11) is 0. The van der Waals surface area contributed by atoms with Crippen molar-refractivity contribution in [2.24, 2.45) is 5.73 Å². The number of benzene rings is 1. The summed E-state index contributed by atoms with van der Waals surface area (Å²) in [6.07, 6.45) is 0. The molecular weight excluding hydrogens is 189 g/mol. The van der Waals surface area contributed by atoms with Crippen LogP contribution in [-0.2, 0) is 0 Å². The van der Waals surface area contributed by atoms with Crippen molar-refractivity contribution in [1.29, 1.82) is 0 Å². The van der Waals surface area contributed by atoms with Gasteiger partial charge in [-0.25, -0.2) is 9.18 Å². The fourth-order valence-corrected chi connectivity index (χ4v) is 1.19.